The summed E-state index contributed by atoms with van der Waals surface area (Å²) in [6.07, 6.45) is 4.10. The lowest BCUT2D eigenvalue weighted by atomic mass is 10.1. The molecule has 0 unspecified atom stereocenters. The molecule has 92 valence electrons. The highest BCUT2D eigenvalue weighted by Gasteiger charge is 1.96. The van der Waals surface area contributed by atoms with E-state index < -0.39 is 0 Å². The van der Waals surface area contributed by atoms with Crippen molar-refractivity contribution in [2.24, 2.45) is 0 Å². The van der Waals surface area contributed by atoms with Gasteiger partial charge in [0.1, 0.15) is 11.5 Å². The normalized spacial score (nSPS) is 10.6. The Balaban J connectivity index is 2.19. The van der Waals surface area contributed by atoms with Crippen LogP contribution in [0.4, 0.5) is 0 Å². The van der Waals surface area contributed by atoms with Gasteiger partial charge in [0.05, 0.1) is 14.2 Å². The molecule has 0 amide bonds. The van der Waals surface area contributed by atoms with Gasteiger partial charge in [-0.3, -0.25) is 0 Å². The Labute approximate surface area is 107 Å². The highest BCUT2D eigenvalue weighted by molar-refractivity contribution is 5.72. The van der Waals surface area contributed by atoms with Gasteiger partial charge in [-0.15, -0.1) is 0 Å². The zero-order valence-corrected chi connectivity index (χ0v) is 10.6. The number of methoxy groups -OCH3 is 2. The van der Waals surface area contributed by atoms with Gasteiger partial charge in [-0.25, -0.2) is 0 Å². The Morgan fingerprint density at radius 3 is 2.17 bits per heavy atom. The summed E-state index contributed by atoms with van der Waals surface area (Å²) in [6, 6.07) is 15.9. The zero-order chi connectivity index (χ0) is 12.8. The third-order valence-corrected chi connectivity index (χ3v) is 2.71. The molecule has 0 spiro atoms. The van der Waals surface area contributed by atoms with Gasteiger partial charge < -0.3 is 9.47 Å². The minimum Gasteiger partial charge on any atom is -0.497 e. The van der Waals surface area contributed by atoms with Crippen molar-refractivity contribution < 1.29 is 9.47 Å². The van der Waals surface area contributed by atoms with Gasteiger partial charge in [0.15, 0.2) is 0 Å². The van der Waals surface area contributed by atoms with Crippen molar-refractivity contribution >= 4 is 12.2 Å². The van der Waals surface area contributed by atoms with Crippen molar-refractivity contribution in [2.45, 2.75) is 0 Å². The molecule has 0 fully saturated rings. The molecule has 18 heavy (non-hydrogen) atoms. The minimum atomic E-state index is 0.865. The summed E-state index contributed by atoms with van der Waals surface area (Å²) in [6.45, 7) is 0. The van der Waals surface area contributed by atoms with Crippen LogP contribution < -0.4 is 9.47 Å². The van der Waals surface area contributed by atoms with Gasteiger partial charge in [-0.05, 0) is 23.8 Å². The molecular formula is C16H16O2. The largest absolute Gasteiger partial charge is 0.497 e. The van der Waals surface area contributed by atoms with Crippen LogP contribution in [0.5, 0.6) is 11.5 Å². The Bertz CT molecular complexity index is 527. The first-order chi connectivity index (χ1) is 8.83. The number of benzene rings is 2. The Morgan fingerprint density at radius 1 is 0.778 bits per heavy atom. The van der Waals surface area contributed by atoms with E-state index in [0.29, 0.717) is 0 Å². The number of para-hydroxylation sites is 1. The SMILES string of the molecule is COc1ccc(/C=C/c2ccccc2OC)cc1. The fourth-order valence-electron chi connectivity index (χ4n) is 1.71. The molecular weight excluding hydrogens is 224 g/mol. The van der Waals surface area contributed by atoms with Crippen LogP contribution in [0.15, 0.2) is 48.5 Å². The maximum atomic E-state index is 5.30. The summed E-state index contributed by atoms with van der Waals surface area (Å²) in [5.41, 5.74) is 2.19. The van der Waals surface area contributed by atoms with Crippen molar-refractivity contribution in [2.75, 3.05) is 14.2 Å². The van der Waals surface area contributed by atoms with E-state index in [2.05, 4.69) is 6.08 Å². The molecule has 0 saturated heterocycles. The molecule has 2 heteroatoms. The van der Waals surface area contributed by atoms with Crippen molar-refractivity contribution in [1.82, 2.24) is 0 Å². The van der Waals surface area contributed by atoms with E-state index in [1.807, 2.05) is 54.6 Å². The summed E-state index contributed by atoms with van der Waals surface area (Å²) >= 11 is 0. The highest BCUT2D eigenvalue weighted by atomic mass is 16.5. The number of hydrogen-bond acceptors (Lipinski definition) is 2. The number of rotatable bonds is 4. The van der Waals surface area contributed by atoms with Gasteiger partial charge in [0.2, 0.25) is 0 Å². The maximum absolute atomic E-state index is 5.30. The second-order valence-electron chi connectivity index (χ2n) is 3.85. The van der Waals surface area contributed by atoms with Crippen molar-refractivity contribution in [3.63, 3.8) is 0 Å². The van der Waals surface area contributed by atoms with Crippen LogP contribution in [-0.4, -0.2) is 14.2 Å². The fourth-order valence-corrected chi connectivity index (χ4v) is 1.71. The lowest BCUT2D eigenvalue weighted by Crippen LogP contribution is -1.85. The fraction of sp³-hybridized carbons (Fsp3) is 0.125. The molecule has 0 heterocycles. The van der Waals surface area contributed by atoms with Crippen molar-refractivity contribution in [1.29, 1.82) is 0 Å². The van der Waals surface area contributed by atoms with Gasteiger partial charge >= 0.3 is 0 Å². The van der Waals surface area contributed by atoms with Crippen LogP contribution in [-0.2, 0) is 0 Å². The summed E-state index contributed by atoms with van der Waals surface area (Å²) in [4.78, 5) is 0. The highest BCUT2D eigenvalue weighted by Crippen LogP contribution is 2.20. The lowest BCUT2D eigenvalue weighted by Gasteiger charge is -2.03. The molecule has 0 atom stereocenters. The first-order valence-electron chi connectivity index (χ1n) is 5.78. The molecule has 0 N–H and O–H groups in total. The van der Waals surface area contributed by atoms with Crippen LogP contribution >= 0.6 is 0 Å². The van der Waals surface area contributed by atoms with Crippen LogP contribution in [0.3, 0.4) is 0 Å². The smallest absolute Gasteiger partial charge is 0.126 e. The summed E-state index contributed by atoms with van der Waals surface area (Å²) in [5, 5.41) is 0. The van der Waals surface area contributed by atoms with E-state index in [1.165, 1.54) is 0 Å². The minimum absolute atomic E-state index is 0.865. The third kappa shape index (κ3) is 2.92. The van der Waals surface area contributed by atoms with Crippen LogP contribution in [0, 0.1) is 0 Å². The van der Waals surface area contributed by atoms with Crippen LogP contribution in [0.1, 0.15) is 11.1 Å². The van der Waals surface area contributed by atoms with Crippen molar-refractivity contribution in [3.05, 3.63) is 59.7 Å². The monoisotopic (exact) mass is 240 g/mol. The molecule has 2 aromatic rings. The maximum Gasteiger partial charge on any atom is 0.126 e. The molecule has 0 aromatic heterocycles. The lowest BCUT2D eigenvalue weighted by molar-refractivity contribution is 0.414. The molecule has 0 aliphatic carbocycles. The molecule has 0 radical (unpaired) electrons. The van der Waals surface area contributed by atoms with E-state index in [-0.39, 0.29) is 0 Å². The van der Waals surface area contributed by atoms with Gasteiger partial charge in [-0.2, -0.15) is 0 Å². The van der Waals surface area contributed by atoms with Gasteiger partial charge in [0.25, 0.3) is 0 Å². The molecule has 2 rings (SSSR count). The Morgan fingerprint density at radius 2 is 1.50 bits per heavy atom. The van der Waals surface area contributed by atoms with E-state index in [1.54, 1.807) is 14.2 Å². The first-order valence-corrected chi connectivity index (χ1v) is 5.78. The zero-order valence-electron chi connectivity index (χ0n) is 10.6. The van der Waals surface area contributed by atoms with E-state index >= 15 is 0 Å². The third-order valence-electron chi connectivity index (χ3n) is 2.71. The predicted molar refractivity (Wildman–Crippen MR) is 74.9 cm³/mol. The molecule has 0 bridgehead atoms. The van der Waals surface area contributed by atoms with Crippen LogP contribution in [0.2, 0.25) is 0 Å². The second kappa shape index (κ2) is 5.92. The average Bonchev–Trinajstić information content (AvgIpc) is 2.46. The molecule has 0 aliphatic heterocycles. The summed E-state index contributed by atoms with van der Waals surface area (Å²) < 4.78 is 10.4. The Kier molecular flexibility index (Phi) is 4.02. The quantitative estimate of drug-likeness (QED) is 0.755. The van der Waals surface area contributed by atoms with E-state index in [4.69, 9.17) is 9.47 Å². The predicted octanol–water partition coefficient (Wildman–Crippen LogP) is 3.87. The summed E-state index contributed by atoms with van der Waals surface area (Å²) in [7, 11) is 3.35. The molecule has 2 aromatic carbocycles. The summed E-state index contributed by atoms with van der Waals surface area (Å²) in [5.74, 6) is 1.74. The number of ether oxygens (including phenoxy) is 2. The molecule has 2 nitrogen and oxygen atoms in total. The van der Waals surface area contributed by atoms with Gasteiger partial charge in [0, 0.05) is 5.56 Å². The second-order valence-corrected chi connectivity index (χ2v) is 3.85. The first kappa shape index (κ1) is 12.2. The molecule has 0 saturated carbocycles. The topological polar surface area (TPSA) is 18.5 Å². The molecule has 0 aliphatic rings. The Hall–Kier alpha value is -2.22. The van der Waals surface area contributed by atoms with Crippen LogP contribution in [0.25, 0.3) is 12.2 Å². The van der Waals surface area contributed by atoms with E-state index in [9.17, 15) is 0 Å². The van der Waals surface area contributed by atoms with E-state index in [0.717, 1.165) is 22.6 Å². The number of hydrogen-bond donors (Lipinski definition) is 0. The standard InChI is InChI=1S/C16H16O2/c1-17-15-11-8-13(9-12-15)7-10-14-5-3-4-6-16(14)18-2/h3-12H,1-2H3/b10-7+. The van der Waals surface area contributed by atoms with Crippen molar-refractivity contribution in [3.8, 4) is 11.5 Å². The van der Waals surface area contributed by atoms with Gasteiger partial charge in [-0.1, -0.05) is 42.5 Å². The average molecular weight is 240 g/mol.